The van der Waals surface area contributed by atoms with Crippen LogP contribution in [0.2, 0.25) is 0 Å². The van der Waals surface area contributed by atoms with Gasteiger partial charge >= 0.3 is 12.0 Å². The van der Waals surface area contributed by atoms with Gasteiger partial charge < -0.3 is 14.5 Å². The van der Waals surface area contributed by atoms with Crippen molar-refractivity contribution in [1.29, 1.82) is 0 Å². The Kier molecular flexibility index (Phi) is 3.78. The maximum absolute atomic E-state index is 13.8. The molecule has 1 aromatic heterocycles. The van der Waals surface area contributed by atoms with Crippen molar-refractivity contribution in [1.82, 2.24) is 5.32 Å². The number of hydrogen-bond acceptors (Lipinski definition) is 4. The molecular weight excluding hydrogens is 291 g/mol. The minimum atomic E-state index is -0.792. The van der Waals surface area contributed by atoms with E-state index in [4.69, 9.17) is 9.15 Å². The second kappa shape index (κ2) is 5.88. The van der Waals surface area contributed by atoms with E-state index < -0.39 is 11.8 Å². The molecule has 0 bridgehead atoms. The molecule has 1 saturated heterocycles. The van der Waals surface area contributed by atoms with E-state index in [0.29, 0.717) is 24.3 Å². The molecule has 1 aromatic carbocycles. The Morgan fingerprint density at radius 2 is 2.27 bits per heavy atom. The molecule has 1 N–H and O–H groups in total. The average molecular weight is 304 g/mol. The number of furan rings is 1. The maximum atomic E-state index is 13.8. The molecular formula is C15H13FN2O4. The summed E-state index contributed by atoms with van der Waals surface area (Å²) in [4.78, 5) is 25.1. The molecule has 7 heteroatoms. The van der Waals surface area contributed by atoms with Crippen molar-refractivity contribution < 1.29 is 23.1 Å². The Hall–Kier alpha value is -2.83. The van der Waals surface area contributed by atoms with Crippen LogP contribution in [0.3, 0.4) is 0 Å². The van der Waals surface area contributed by atoms with E-state index >= 15 is 0 Å². The molecule has 0 unspecified atom stereocenters. The third kappa shape index (κ3) is 2.78. The number of esters is 1. The van der Waals surface area contributed by atoms with E-state index in [9.17, 15) is 14.0 Å². The fourth-order valence-electron chi connectivity index (χ4n) is 2.16. The molecule has 114 valence electrons. The highest BCUT2D eigenvalue weighted by Gasteiger charge is 2.23. The number of amides is 2. The number of halogens is 1. The number of nitrogens with zero attached hydrogens (tertiary/aromatic N) is 1. The van der Waals surface area contributed by atoms with E-state index in [2.05, 4.69) is 5.32 Å². The lowest BCUT2D eigenvalue weighted by atomic mass is 10.1. The van der Waals surface area contributed by atoms with Crippen molar-refractivity contribution in [3.05, 3.63) is 53.7 Å². The number of ether oxygens (including phenoxy) is 1. The second-order valence-corrected chi connectivity index (χ2v) is 4.76. The highest BCUT2D eigenvalue weighted by molar-refractivity contribution is 5.96. The van der Waals surface area contributed by atoms with Gasteiger partial charge in [-0.3, -0.25) is 4.90 Å². The van der Waals surface area contributed by atoms with Gasteiger partial charge in [-0.15, -0.1) is 0 Å². The first-order chi connectivity index (χ1) is 10.6. The van der Waals surface area contributed by atoms with E-state index in [-0.39, 0.29) is 18.2 Å². The SMILES string of the molecule is O=C(OCc1ccoc1)c1cc(N2CCNC2=O)ccc1F. The fraction of sp³-hybridized carbons (Fsp3) is 0.200. The molecule has 3 rings (SSSR count). The van der Waals surface area contributed by atoms with Gasteiger partial charge in [0.05, 0.1) is 18.1 Å². The van der Waals surface area contributed by atoms with Gasteiger partial charge in [-0.1, -0.05) is 0 Å². The van der Waals surface area contributed by atoms with Crippen LogP contribution in [0.1, 0.15) is 15.9 Å². The van der Waals surface area contributed by atoms with Crippen molar-refractivity contribution in [3.8, 4) is 0 Å². The van der Waals surface area contributed by atoms with Crippen molar-refractivity contribution in [2.24, 2.45) is 0 Å². The van der Waals surface area contributed by atoms with Gasteiger partial charge in [-0.05, 0) is 24.3 Å². The third-order valence-electron chi connectivity index (χ3n) is 3.29. The molecule has 0 spiro atoms. The van der Waals surface area contributed by atoms with Crippen molar-refractivity contribution in [2.45, 2.75) is 6.61 Å². The quantitative estimate of drug-likeness (QED) is 0.880. The Balaban J connectivity index is 1.77. The van der Waals surface area contributed by atoms with Crippen LogP contribution in [-0.4, -0.2) is 25.1 Å². The summed E-state index contributed by atoms with van der Waals surface area (Å²) >= 11 is 0. The number of benzene rings is 1. The van der Waals surface area contributed by atoms with Crippen molar-refractivity contribution >= 4 is 17.7 Å². The van der Waals surface area contributed by atoms with Crippen molar-refractivity contribution in [2.75, 3.05) is 18.0 Å². The van der Waals surface area contributed by atoms with Gasteiger partial charge in [0.15, 0.2) is 0 Å². The van der Waals surface area contributed by atoms with Gasteiger partial charge in [-0.2, -0.15) is 0 Å². The zero-order chi connectivity index (χ0) is 15.5. The number of nitrogens with one attached hydrogen (secondary N) is 1. The molecule has 2 heterocycles. The van der Waals surface area contributed by atoms with Crippen LogP contribution >= 0.6 is 0 Å². The monoisotopic (exact) mass is 304 g/mol. The van der Waals surface area contributed by atoms with Crippen LogP contribution in [0.5, 0.6) is 0 Å². The summed E-state index contributed by atoms with van der Waals surface area (Å²) in [5.41, 5.74) is 0.913. The first kappa shape index (κ1) is 14.1. The third-order valence-corrected chi connectivity index (χ3v) is 3.29. The lowest BCUT2D eigenvalue weighted by Gasteiger charge is -2.15. The molecule has 1 aliphatic rings. The first-order valence-electron chi connectivity index (χ1n) is 6.68. The fourth-order valence-corrected chi connectivity index (χ4v) is 2.16. The van der Waals surface area contributed by atoms with Crippen LogP contribution in [0.4, 0.5) is 14.9 Å². The standard InChI is InChI=1S/C15H13FN2O4/c16-13-2-1-11(18-5-4-17-15(18)20)7-12(13)14(19)22-9-10-3-6-21-8-10/h1-3,6-8H,4-5,9H2,(H,17,20). The Morgan fingerprint density at radius 3 is 2.95 bits per heavy atom. The number of hydrogen-bond donors (Lipinski definition) is 1. The average Bonchev–Trinajstić information content (AvgIpc) is 3.17. The molecule has 1 fully saturated rings. The van der Waals surface area contributed by atoms with Crippen LogP contribution in [-0.2, 0) is 11.3 Å². The molecule has 0 saturated carbocycles. The predicted octanol–water partition coefficient (Wildman–Crippen LogP) is 2.31. The Morgan fingerprint density at radius 1 is 1.41 bits per heavy atom. The highest BCUT2D eigenvalue weighted by atomic mass is 19.1. The lowest BCUT2D eigenvalue weighted by molar-refractivity contribution is 0.0467. The molecule has 0 aliphatic carbocycles. The van der Waals surface area contributed by atoms with Crippen LogP contribution in [0.15, 0.2) is 41.2 Å². The largest absolute Gasteiger partial charge is 0.472 e. The molecule has 0 radical (unpaired) electrons. The minimum absolute atomic E-state index is 0.0107. The topological polar surface area (TPSA) is 71.8 Å². The maximum Gasteiger partial charge on any atom is 0.341 e. The lowest BCUT2D eigenvalue weighted by Crippen LogP contribution is -2.28. The summed E-state index contributed by atoms with van der Waals surface area (Å²) in [5, 5.41) is 2.64. The zero-order valence-corrected chi connectivity index (χ0v) is 11.5. The second-order valence-electron chi connectivity index (χ2n) is 4.76. The highest BCUT2D eigenvalue weighted by Crippen LogP contribution is 2.21. The molecule has 2 aromatic rings. The van der Waals surface area contributed by atoms with Crippen LogP contribution in [0, 0.1) is 5.82 Å². The van der Waals surface area contributed by atoms with Crippen LogP contribution in [0.25, 0.3) is 0 Å². The first-order valence-corrected chi connectivity index (χ1v) is 6.68. The van der Waals surface area contributed by atoms with E-state index in [1.807, 2.05) is 0 Å². The number of urea groups is 1. The van der Waals surface area contributed by atoms with Gasteiger partial charge in [-0.25, -0.2) is 14.0 Å². The van der Waals surface area contributed by atoms with Gasteiger partial charge in [0, 0.05) is 24.3 Å². The van der Waals surface area contributed by atoms with E-state index in [1.165, 1.54) is 29.6 Å². The van der Waals surface area contributed by atoms with Crippen molar-refractivity contribution in [3.63, 3.8) is 0 Å². The number of carbonyl (C=O) groups is 2. The number of rotatable bonds is 4. The smallest absolute Gasteiger partial charge is 0.341 e. The minimum Gasteiger partial charge on any atom is -0.472 e. The molecule has 22 heavy (non-hydrogen) atoms. The van der Waals surface area contributed by atoms with Gasteiger partial charge in [0.2, 0.25) is 0 Å². The van der Waals surface area contributed by atoms with Gasteiger partial charge in [0.25, 0.3) is 0 Å². The molecule has 2 amide bonds. The van der Waals surface area contributed by atoms with Crippen LogP contribution < -0.4 is 10.2 Å². The molecule has 0 atom stereocenters. The Labute approximate surface area is 125 Å². The van der Waals surface area contributed by atoms with Gasteiger partial charge in [0.1, 0.15) is 12.4 Å². The summed E-state index contributed by atoms with van der Waals surface area (Å²) in [7, 11) is 0. The number of anilines is 1. The summed E-state index contributed by atoms with van der Waals surface area (Å²) in [6.45, 7) is 0.966. The van der Waals surface area contributed by atoms with E-state index in [1.54, 1.807) is 6.07 Å². The zero-order valence-electron chi connectivity index (χ0n) is 11.5. The summed E-state index contributed by atoms with van der Waals surface area (Å²) in [5.74, 6) is -1.49. The molecule has 1 aliphatic heterocycles. The summed E-state index contributed by atoms with van der Waals surface area (Å²) in [6, 6.07) is 5.29. The number of carbonyl (C=O) groups excluding carboxylic acids is 2. The summed E-state index contributed by atoms with van der Waals surface area (Å²) in [6.07, 6.45) is 2.89. The van der Waals surface area contributed by atoms with E-state index in [0.717, 1.165) is 6.07 Å². The normalized spacial score (nSPS) is 14.0. The predicted molar refractivity (Wildman–Crippen MR) is 75.0 cm³/mol. The Bertz CT molecular complexity index is 700. The summed E-state index contributed by atoms with van der Waals surface area (Å²) < 4.78 is 23.7. The molecule has 6 nitrogen and oxygen atoms in total.